The second kappa shape index (κ2) is 6.57. The number of carboxylic acid groups (broad SMARTS) is 1. The number of nitrogens with zero attached hydrogens (tertiary/aromatic N) is 2. The lowest BCUT2D eigenvalue weighted by molar-refractivity contribution is -0.156. The Morgan fingerprint density at radius 3 is 2.74 bits per heavy atom. The van der Waals surface area contributed by atoms with E-state index in [0.29, 0.717) is 10.9 Å². The smallest absolute Gasteiger partial charge is 0.337 e. The number of rotatable bonds is 6. The third kappa shape index (κ3) is 3.92. The molecule has 1 heterocycles. The largest absolute Gasteiger partial charge is 0.479 e. The van der Waals surface area contributed by atoms with Crippen molar-refractivity contribution in [1.82, 2.24) is 14.9 Å². The molecule has 0 saturated carbocycles. The number of hydrogen-bond donors (Lipinski definition) is 3. The van der Waals surface area contributed by atoms with E-state index in [1.165, 1.54) is 10.9 Å². The quantitative estimate of drug-likeness (QED) is 0.674. The highest BCUT2D eigenvalue weighted by Crippen LogP contribution is 2.05. The summed E-state index contributed by atoms with van der Waals surface area (Å²) in [4.78, 5) is 38.8. The number of hydrogen-bond acceptors (Lipinski definition) is 5. The molecule has 2 rings (SSSR count). The van der Waals surface area contributed by atoms with Gasteiger partial charge in [0.05, 0.1) is 23.8 Å². The molecule has 122 valence electrons. The van der Waals surface area contributed by atoms with Crippen LogP contribution in [0.25, 0.3) is 10.9 Å². The fourth-order valence-corrected chi connectivity index (χ4v) is 1.92. The lowest BCUT2D eigenvalue weighted by atomic mass is 10.1. The van der Waals surface area contributed by atoms with E-state index in [4.69, 9.17) is 5.11 Å². The Balaban J connectivity index is 1.99. The van der Waals surface area contributed by atoms with Crippen molar-refractivity contribution in [2.45, 2.75) is 25.5 Å². The molecule has 0 fully saturated rings. The van der Waals surface area contributed by atoms with Gasteiger partial charge in [0.2, 0.25) is 5.91 Å². The molecule has 0 radical (unpaired) electrons. The number of carboxylic acids is 1. The van der Waals surface area contributed by atoms with Crippen LogP contribution in [0, 0.1) is 0 Å². The van der Waals surface area contributed by atoms with Gasteiger partial charge in [-0.25, -0.2) is 9.78 Å². The summed E-state index contributed by atoms with van der Waals surface area (Å²) < 4.78 is 1.32. The highest BCUT2D eigenvalue weighted by Gasteiger charge is 2.30. The molecule has 1 atom stereocenters. The van der Waals surface area contributed by atoms with Crippen LogP contribution >= 0.6 is 0 Å². The Hall–Kier alpha value is -2.74. The lowest BCUT2D eigenvalue weighted by Gasteiger charge is -2.18. The van der Waals surface area contributed by atoms with Gasteiger partial charge in [-0.2, -0.15) is 0 Å². The average molecular weight is 319 g/mol. The predicted octanol–water partition coefficient (Wildman–Crippen LogP) is -0.262. The van der Waals surface area contributed by atoms with Crippen LogP contribution in [-0.4, -0.2) is 43.8 Å². The molecule has 2 aromatic rings. The molecule has 0 aliphatic rings. The van der Waals surface area contributed by atoms with Gasteiger partial charge in [-0.15, -0.1) is 0 Å². The van der Waals surface area contributed by atoms with Crippen LogP contribution in [0.5, 0.6) is 0 Å². The Morgan fingerprint density at radius 1 is 1.35 bits per heavy atom. The maximum atomic E-state index is 12.2. The van der Waals surface area contributed by atoms with Crippen molar-refractivity contribution in [3.05, 3.63) is 40.9 Å². The van der Waals surface area contributed by atoms with Gasteiger partial charge in [-0.1, -0.05) is 12.1 Å². The maximum Gasteiger partial charge on any atom is 0.337 e. The molecule has 3 N–H and O–H groups in total. The molecule has 1 amide bonds. The molecule has 0 aliphatic carbocycles. The summed E-state index contributed by atoms with van der Waals surface area (Å²) in [6.45, 7) is 0.789. The van der Waals surface area contributed by atoms with Crippen molar-refractivity contribution < 1.29 is 19.8 Å². The molecular weight excluding hydrogens is 302 g/mol. The number of para-hydroxylation sites is 1. The molecule has 0 bridgehead atoms. The van der Waals surface area contributed by atoms with Crippen LogP contribution in [0.1, 0.15) is 13.3 Å². The Morgan fingerprint density at radius 2 is 2.04 bits per heavy atom. The molecule has 0 aliphatic heterocycles. The number of carbonyl (C=O) groups excluding carboxylic acids is 1. The fraction of sp³-hybridized carbons (Fsp3) is 0.333. The van der Waals surface area contributed by atoms with E-state index in [2.05, 4.69) is 10.3 Å². The van der Waals surface area contributed by atoms with E-state index < -0.39 is 24.0 Å². The van der Waals surface area contributed by atoms with Crippen molar-refractivity contribution in [3.63, 3.8) is 0 Å². The zero-order valence-corrected chi connectivity index (χ0v) is 12.5. The molecular formula is C15H17N3O5. The van der Waals surface area contributed by atoms with Crippen molar-refractivity contribution in [2.75, 3.05) is 6.54 Å². The van der Waals surface area contributed by atoms with Gasteiger partial charge in [0.15, 0.2) is 5.60 Å². The summed E-state index contributed by atoms with van der Waals surface area (Å²) in [6.07, 6.45) is 1.33. The molecule has 23 heavy (non-hydrogen) atoms. The number of aliphatic hydroxyl groups is 1. The van der Waals surface area contributed by atoms with Crippen LogP contribution in [0.15, 0.2) is 35.4 Å². The fourth-order valence-electron chi connectivity index (χ4n) is 1.92. The van der Waals surface area contributed by atoms with Gasteiger partial charge in [0.1, 0.15) is 0 Å². The highest BCUT2D eigenvalue weighted by molar-refractivity contribution is 5.80. The van der Waals surface area contributed by atoms with E-state index in [0.717, 1.165) is 6.92 Å². The summed E-state index contributed by atoms with van der Waals surface area (Å²) >= 11 is 0. The summed E-state index contributed by atoms with van der Waals surface area (Å²) in [7, 11) is 0. The lowest BCUT2D eigenvalue weighted by Crippen LogP contribution is -2.46. The van der Waals surface area contributed by atoms with Crippen molar-refractivity contribution in [3.8, 4) is 0 Å². The van der Waals surface area contributed by atoms with Gasteiger partial charge in [-0.05, 0) is 19.1 Å². The Bertz CT molecular complexity index is 797. The highest BCUT2D eigenvalue weighted by atomic mass is 16.4. The Kier molecular flexibility index (Phi) is 4.75. The summed E-state index contributed by atoms with van der Waals surface area (Å²) in [6, 6.07) is 6.89. The van der Waals surface area contributed by atoms with Crippen LogP contribution in [0.2, 0.25) is 0 Å². The first-order chi connectivity index (χ1) is 10.8. The van der Waals surface area contributed by atoms with Crippen molar-refractivity contribution in [1.29, 1.82) is 0 Å². The average Bonchev–Trinajstić information content (AvgIpc) is 2.52. The Labute approximate surface area is 131 Å². The van der Waals surface area contributed by atoms with Crippen molar-refractivity contribution in [2.24, 2.45) is 0 Å². The minimum absolute atomic E-state index is 0.0321. The van der Waals surface area contributed by atoms with Crippen LogP contribution in [0.4, 0.5) is 0 Å². The number of fused-ring (bicyclic) bond motifs is 1. The SMILES string of the molecule is CC(O)(CNC(=O)CCn1cnc2ccccc2c1=O)C(=O)O. The monoisotopic (exact) mass is 319 g/mol. The van der Waals surface area contributed by atoms with E-state index in [-0.39, 0.29) is 18.5 Å². The number of aromatic nitrogens is 2. The zero-order valence-electron chi connectivity index (χ0n) is 12.5. The number of aryl methyl sites for hydroxylation is 1. The number of aliphatic carboxylic acids is 1. The standard InChI is InChI=1S/C15H17N3O5/c1-15(23,14(21)22)8-16-12(19)6-7-18-9-17-11-5-3-2-4-10(11)13(18)20/h2-5,9,23H,6-8H2,1H3,(H,16,19)(H,21,22). The van der Waals surface area contributed by atoms with Gasteiger partial charge < -0.3 is 15.5 Å². The minimum atomic E-state index is -2.03. The van der Waals surface area contributed by atoms with Crippen LogP contribution < -0.4 is 10.9 Å². The summed E-state index contributed by atoms with van der Waals surface area (Å²) in [5.41, 5.74) is -1.70. The third-order valence-electron chi connectivity index (χ3n) is 3.40. The van der Waals surface area contributed by atoms with Gasteiger partial charge in [0.25, 0.3) is 5.56 Å². The predicted molar refractivity (Wildman–Crippen MR) is 81.9 cm³/mol. The zero-order chi connectivity index (χ0) is 17.0. The molecule has 8 nitrogen and oxygen atoms in total. The minimum Gasteiger partial charge on any atom is -0.479 e. The number of amides is 1. The second-order valence-electron chi connectivity index (χ2n) is 5.37. The molecule has 1 aromatic heterocycles. The van der Waals surface area contributed by atoms with Gasteiger partial charge in [-0.3, -0.25) is 14.2 Å². The topological polar surface area (TPSA) is 122 Å². The summed E-state index contributed by atoms with van der Waals surface area (Å²) in [5.74, 6) is -1.89. The van der Waals surface area contributed by atoms with Crippen LogP contribution in [-0.2, 0) is 16.1 Å². The normalized spacial score (nSPS) is 13.5. The van der Waals surface area contributed by atoms with Gasteiger partial charge >= 0.3 is 5.97 Å². The number of benzene rings is 1. The third-order valence-corrected chi connectivity index (χ3v) is 3.40. The maximum absolute atomic E-state index is 12.2. The first kappa shape index (κ1) is 16.6. The number of carbonyl (C=O) groups is 2. The van der Waals surface area contributed by atoms with Gasteiger partial charge in [0, 0.05) is 13.0 Å². The number of nitrogens with one attached hydrogen (secondary N) is 1. The molecule has 8 heteroatoms. The van der Waals surface area contributed by atoms with Crippen molar-refractivity contribution >= 4 is 22.8 Å². The van der Waals surface area contributed by atoms with E-state index in [1.807, 2.05) is 0 Å². The molecule has 1 aromatic carbocycles. The van der Waals surface area contributed by atoms with Crippen LogP contribution in [0.3, 0.4) is 0 Å². The second-order valence-corrected chi connectivity index (χ2v) is 5.37. The first-order valence-electron chi connectivity index (χ1n) is 6.98. The summed E-state index contributed by atoms with van der Waals surface area (Å²) in [5, 5.41) is 21.0. The molecule has 0 saturated heterocycles. The van der Waals surface area contributed by atoms with E-state index >= 15 is 0 Å². The first-order valence-corrected chi connectivity index (χ1v) is 6.98. The molecule has 1 unspecified atom stereocenters. The van der Waals surface area contributed by atoms with E-state index in [1.54, 1.807) is 24.3 Å². The molecule has 0 spiro atoms. The van der Waals surface area contributed by atoms with E-state index in [9.17, 15) is 19.5 Å².